The summed E-state index contributed by atoms with van der Waals surface area (Å²) in [5.74, 6) is 0.401. The molecular formula is C14H24O. The third-order valence-electron chi connectivity index (χ3n) is 3.31. The lowest BCUT2D eigenvalue weighted by Gasteiger charge is -2.08. The first-order valence-electron chi connectivity index (χ1n) is 6.53. The van der Waals surface area contributed by atoms with Crippen LogP contribution in [0.4, 0.5) is 0 Å². The van der Waals surface area contributed by atoms with Crippen molar-refractivity contribution in [2.75, 3.05) is 0 Å². The predicted octanol–water partition coefficient (Wildman–Crippen LogP) is 4.42. The Morgan fingerprint density at radius 1 is 0.800 bits per heavy atom. The highest BCUT2D eigenvalue weighted by Crippen LogP contribution is 2.17. The summed E-state index contributed by atoms with van der Waals surface area (Å²) in [5, 5.41) is 0. The van der Waals surface area contributed by atoms with Gasteiger partial charge in [-0.05, 0) is 31.8 Å². The number of Topliss-reactive ketones (excluding diaryl/α,β-unsaturated/α-hetero) is 1. The van der Waals surface area contributed by atoms with E-state index in [1.165, 1.54) is 44.9 Å². The van der Waals surface area contributed by atoms with Gasteiger partial charge >= 0.3 is 0 Å². The van der Waals surface area contributed by atoms with Gasteiger partial charge in [-0.3, -0.25) is 4.79 Å². The van der Waals surface area contributed by atoms with E-state index in [2.05, 4.69) is 0 Å². The van der Waals surface area contributed by atoms with E-state index in [1.807, 2.05) is 13.0 Å². The number of carbonyl (C=O) groups is 1. The van der Waals surface area contributed by atoms with Gasteiger partial charge in [0.05, 0.1) is 0 Å². The summed E-state index contributed by atoms with van der Waals surface area (Å²) in [6.07, 6.45) is 14.1. The molecule has 0 aromatic rings. The molecule has 0 saturated heterocycles. The standard InChI is InChI=1S/C14H24O/c1-2-13-11-9-7-5-3-4-6-8-10-12-14(13)15/h2H,3-12H2,1H3/b13-2-. The molecule has 0 unspecified atom stereocenters. The first-order chi connectivity index (χ1) is 7.34. The Hall–Kier alpha value is -0.590. The highest BCUT2D eigenvalue weighted by molar-refractivity contribution is 5.95. The van der Waals surface area contributed by atoms with Gasteiger partial charge in [0.15, 0.2) is 5.78 Å². The van der Waals surface area contributed by atoms with Crippen molar-refractivity contribution in [2.24, 2.45) is 0 Å². The number of carbonyl (C=O) groups excluding carboxylic acids is 1. The van der Waals surface area contributed by atoms with Crippen LogP contribution >= 0.6 is 0 Å². The van der Waals surface area contributed by atoms with Crippen LogP contribution in [0.1, 0.15) is 71.1 Å². The van der Waals surface area contributed by atoms with Crippen molar-refractivity contribution in [1.82, 2.24) is 0 Å². The Morgan fingerprint density at radius 3 is 1.80 bits per heavy atom. The summed E-state index contributed by atoms with van der Waals surface area (Å²) in [6.45, 7) is 2.00. The van der Waals surface area contributed by atoms with Crippen molar-refractivity contribution in [3.8, 4) is 0 Å². The van der Waals surface area contributed by atoms with Crippen LogP contribution in [0.3, 0.4) is 0 Å². The summed E-state index contributed by atoms with van der Waals surface area (Å²) in [6, 6.07) is 0. The second kappa shape index (κ2) is 7.67. The van der Waals surface area contributed by atoms with E-state index in [0.29, 0.717) is 5.78 Å². The largest absolute Gasteiger partial charge is 0.295 e. The van der Waals surface area contributed by atoms with Gasteiger partial charge in [-0.2, -0.15) is 0 Å². The molecule has 15 heavy (non-hydrogen) atoms. The second-order valence-electron chi connectivity index (χ2n) is 4.57. The topological polar surface area (TPSA) is 17.1 Å². The van der Waals surface area contributed by atoms with Crippen molar-refractivity contribution < 1.29 is 4.79 Å². The van der Waals surface area contributed by atoms with Gasteiger partial charge in [0.25, 0.3) is 0 Å². The van der Waals surface area contributed by atoms with Crippen molar-refractivity contribution in [1.29, 1.82) is 0 Å². The molecule has 1 rings (SSSR count). The van der Waals surface area contributed by atoms with Crippen LogP contribution < -0.4 is 0 Å². The van der Waals surface area contributed by atoms with Crippen LogP contribution in [0.15, 0.2) is 11.6 Å². The number of hydrogen-bond acceptors (Lipinski definition) is 1. The van der Waals surface area contributed by atoms with Crippen LogP contribution in [0.5, 0.6) is 0 Å². The van der Waals surface area contributed by atoms with Gasteiger partial charge in [-0.25, -0.2) is 0 Å². The van der Waals surface area contributed by atoms with Crippen molar-refractivity contribution >= 4 is 5.78 Å². The highest BCUT2D eigenvalue weighted by Gasteiger charge is 2.08. The monoisotopic (exact) mass is 208 g/mol. The molecule has 0 radical (unpaired) electrons. The lowest BCUT2D eigenvalue weighted by atomic mass is 9.96. The smallest absolute Gasteiger partial charge is 0.158 e. The zero-order chi connectivity index (χ0) is 10.9. The molecule has 1 nitrogen and oxygen atoms in total. The van der Waals surface area contributed by atoms with E-state index < -0.39 is 0 Å². The van der Waals surface area contributed by atoms with Gasteiger partial charge < -0.3 is 0 Å². The van der Waals surface area contributed by atoms with Crippen LogP contribution in [0.25, 0.3) is 0 Å². The molecule has 1 saturated carbocycles. The number of allylic oxidation sites excluding steroid dienone is 2. The minimum atomic E-state index is 0.401. The lowest BCUT2D eigenvalue weighted by molar-refractivity contribution is -0.115. The van der Waals surface area contributed by atoms with E-state index in [0.717, 1.165) is 24.8 Å². The fourth-order valence-corrected chi connectivity index (χ4v) is 2.27. The Morgan fingerprint density at radius 2 is 1.27 bits per heavy atom. The van der Waals surface area contributed by atoms with Crippen molar-refractivity contribution in [2.45, 2.75) is 71.1 Å². The van der Waals surface area contributed by atoms with E-state index >= 15 is 0 Å². The summed E-state index contributed by atoms with van der Waals surface area (Å²) in [5.41, 5.74) is 1.08. The van der Waals surface area contributed by atoms with Crippen LogP contribution in [-0.4, -0.2) is 5.78 Å². The predicted molar refractivity (Wildman–Crippen MR) is 64.9 cm³/mol. The first-order valence-corrected chi connectivity index (χ1v) is 6.53. The SMILES string of the molecule is C/C=C1/CCCCCCCCCCC1=O. The second-order valence-corrected chi connectivity index (χ2v) is 4.57. The summed E-state index contributed by atoms with van der Waals surface area (Å²) in [7, 11) is 0. The lowest BCUT2D eigenvalue weighted by Crippen LogP contribution is -2.03. The number of ketones is 1. The van der Waals surface area contributed by atoms with Crippen LogP contribution in [0.2, 0.25) is 0 Å². The molecule has 0 aliphatic heterocycles. The van der Waals surface area contributed by atoms with Crippen LogP contribution in [0, 0.1) is 0 Å². The molecule has 1 aliphatic carbocycles. The zero-order valence-electron chi connectivity index (χ0n) is 10.1. The molecule has 0 amide bonds. The Bertz CT molecular complexity index is 215. The Labute approximate surface area is 93.9 Å². The molecule has 86 valence electrons. The molecule has 0 aromatic carbocycles. The summed E-state index contributed by atoms with van der Waals surface area (Å²) in [4.78, 5) is 11.8. The minimum Gasteiger partial charge on any atom is -0.295 e. The Kier molecular flexibility index (Phi) is 6.38. The maximum Gasteiger partial charge on any atom is 0.158 e. The normalized spacial score (nSPS) is 24.6. The third-order valence-corrected chi connectivity index (χ3v) is 3.31. The fourth-order valence-electron chi connectivity index (χ4n) is 2.27. The van der Waals surface area contributed by atoms with Crippen LogP contribution in [-0.2, 0) is 4.79 Å². The average molecular weight is 208 g/mol. The van der Waals surface area contributed by atoms with Gasteiger partial charge in [0.2, 0.25) is 0 Å². The molecule has 1 heteroatoms. The highest BCUT2D eigenvalue weighted by atomic mass is 16.1. The van der Waals surface area contributed by atoms with Crippen molar-refractivity contribution in [3.63, 3.8) is 0 Å². The molecule has 0 heterocycles. The fraction of sp³-hybridized carbons (Fsp3) is 0.786. The first kappa shape index (κ1) is 12.5. The summed E-state index contributed by atoms with van der Waals surface area (Å²) < 4.78 is 0. The molecule has 1 aliphatic rings. The Balaban J connectivity index is 2.41. The molecule has 0 N–H and O–H groups in total. The molecule has 0 bridgehead atoms. The van der Waals surface area contributed by atoms with Gasteiger partial charge in [0.1, 0.15) is 0 Å². The van der Waals surface area contributed by atoms with E-state index in [9.17, 15) is 4.79 Å². The maximum absolute atomic E-state index is 11.8. The number of rotatable bonds is 0. The van der Waals surface area contributed by atoms with E-state index in [4.69, 9.17) is 0 Å². The van der Waals surface area contributed by atoms with E-state index in [1.54, 1.807) is 0 Å². The van der Waals surface area contributed by atoms with Crippen molar-refractivity contribution in [3.05, 3.63) is 11.6 Å². The average Bonchev–Trinajstić information content (AvgIpc) is 2.23. The molecule has 0 aromatic heterocycles. The quantitative estimate of drug-likeness (QED) is 0.539. The molecule has 1 fully saturated rings. The molecule has 0 atom stereocenters. The third kappa shape index (κ3) is 5.15. The van der Waals surface area contributed by atoms with Gasteiger partial charge in [0, 0.05) is 6.42 Å². The van der Waals surface area contributed by atoms with Gasteiger partial charge in [-0.15, -0.1) is 0 Å². The summed E-state index contributed by atoms with van der Waals surface area (Å²) >= 11 is 0. The number of hydrogen-bond donors (Lipinski definition) is 0. The van der Waals surface area contributed by atoms with E-state index in [-0.39, 0.29) is 0 Å². The zero-order valence-corrected chi connectivity index (χ0v) is 10.1. The molecule has 0 spiro atoms. The maximum atomic E-state index is 11.8. The molecular weight excluding hydrogens is 184 g/mol. The van der Waals surface area contributed by atoms with Gasteiger partial charge in [-0.1, -0.05) is 44.6 Å². The minimum absolute atomic E-state index is 0.401.